The summed E-state index contributed by atoms with van der Waals surface area (Å²) < 4.78 is 26.5. The Morgan fingerprint density at radius 3 is 3.00 bits per heavy atom. The van der Waals surface area contributed by atoms with E-state index in [0.29, 0.717) is 13.0 Å². The van der Waals surface area contributed by atoms with Crippen LogP contribution in [0.15, 0.2) is 23.4 Å². The number of pyridine rings is 1. The van der Waals surface area contributed by atoms with Crippen molar-refractivity contribution in [2.24, 2.45) is 5.84 Å². The highest BCUT2D eigenvalue weighted by Crippen LogP contribution is 2.27. The van der Waals surface area contributed by atoms with Crippen LogP contribution in [0.3, 0.4) is 0 Å². The number of rotatable bonds is 4. The smallest absolute Gasteiger partial charge is 0.263 e. The molecule has 7 nitrogen and oxygen atoms in total. The van der Waals surface area contributed by atoms with Crippen molar-refractivity contribution in [3.63, 3.8) is 0 Å². The minimum absolute atomic E-state index is 0.0992. The largest absolute Gasteiger partial charge is 0.395 e. The third-order valence-electron chi connectivity index (χ3n) is 3.26. The maximum atomic E-state index is 12.6. The van der Waals surface area contributed by atoms with Gasteiger partial charge in [-0.05, 0) is 25.0 Å². The van der Waals surface area contributed by atoms with Crippen molar-refractivity contribution in [2.75, 3.05) is 18.6 Å². The summed E-state index contributed by atoms with van der Waals surface area (Å²) in [6, 6.07) is 2.78. The number of nitrogens with two attached hydrogens (primary N) is 1. The Bertz CT molecular complexity index is 534. The fourth-order valence-electron chi connectivity index (χ4n) is 2.29. The van der Waals surface area contributed by atoms with Crippen LogP contribution < -0.4 is 11.3 Å². The number of nitrogen functional groups attached to an aromatic ring is 1. The van der Waals surface area contributed by atoms with Gasteiger partial charge in [-0.2, -0.15) is 4.31 Å². The van der Waals surface area contributed by atoms with Gasteiger partial charge in [0.2, 0.25) is 0 Å². The van der Waals surface area contributed by atoms with Gasteiger partial charge < -0.3 is 10.5 Å². The molecule has 0 bridgehead atoms. The van der Waals surface area contributed by atoms with Gasteiger partial charge in [0, 0.05) is 18.8 Å². The van der Waals surface area contributed by atoms with E-state index in [1.165, 1.54) is 10.5 Å². The summed E-state index contributed by atoms with van der Waals surface area (Å²) in [6.07, 6.45) is 3.77. The van der Waals surface area contributed by atoms with Gasteiger partial charge in [0.1, 0.15) is 0 Å². The SMILES string of the molecule is NNc1cccnc1S(=O)(=O)N1CCCCC1CO. The molecule has 0 aromatic carbocycles. The van der Waals surface area contributed by atoms with Gasteiger partial charge in [0.05, 0.1) is 12.3 Å². The predicted molar refractivity (Wildman–Crippen MR) is 70.7 cm³/mol. The number of aliphatic hydroxyl groups is 1. The Morgan fingerprint density at radius 2 is 2.32 bits per heavy atom. The van der Waals surface area contributed by atoms with Gasteiger partial charge in [-0.25, -0.2) is 13.4 Å². The van der Waals surface area contributed by atoms with Gasteiger partial charge in [-0.15, -0.1) is 0 Å². The zero-order valence-corrected chi connectivity index (χ0v) is 11.3. The molecule has 0 aliphatic carbocycles. The average molecular weight is 286 g/mol. The molecule has 0 amide bonds. The molecular formula is C11H18N4O3S. The maximum absolute atomic E-state index is 12.6. The molecular weight excluding hydrogens is 268 g/mol. The molecule has 0 saturated carbocycles. The monoisotopic (exact) mass is 286 g/mol. The quantitative estimate of drug-likeness (QED) is 0.527. The average Bonchev–Trinajstić information content (AvgIpc) is 2.47. The number of hydrogen-bond donors (Lipinski definition) is 3. The van der Waals surface area contributed by atoms with E-state index in [-0.39, 0.29) is 23.4 Å². The van der Waals surface area contributed by atoms with Crippen molar-refractivity contribution in [3.05, 3.63) is 18.3 Å². The maximum Gasteiger partial charge on any atom is 0.263 e. The highest BCUT2D eigenvalue weighted by Gasteiger charge is 2.35. The molecule has 1 saturated heterocycles. The topological polar surface area (TPSA) is 109 Å². The molecule has 1 aliphatic heterocycles. The number of aliphatic hydroxyl groups excluding tert-OH is 1. The molecule has 2 rings (SSSR count). The van der Waals surface area contributed by atoms with Crippen LogP contribution in [0.4, 0.5) is 5.69 Å². The number of nitrogens with zero attached hydrogens (tertiary/aromatic N) is 2. The van der Waals surface area contributed by atoms with Crippen molar-refractivity contribution >= 4 is 15.7 Å². The molecule has 1 aromatic heterocycles. The zero-order valence-electron chi connectivity index (χ0n) is 10.5. The van der Waals surface area contributed by atoms with E-state index in [2.05, 4.69) is 10.4 Å². The molecule has 0 spiro atoms. The van der Waals surface area contributed by atoms with Crippen LogP contribution in [-0.2, 0) is 10.0 Å². The Labute approximate surface area is 112 Å². The summed E-state index contributed by atoms with van der Waals surface area (Å²) >= 11 is 0. The predicted octanol–water partition coefficient (Wildman–Crippen LogP) is -0.0973. The second-order valence-electron chi connectivity index (χ2n) is 4.45. The van der Waals surface area contributed by atoms with Crippen molar-refractivity contribution in [2.45, 2.75) is 30.3 Å². The van der Waals surface area contributed by atoms with Crippen LogP contribution >= 0.6 is 0 Å². The first-order valence-corrected chi connectivity index (χ1v) is 7.59. The van der Waals surface area contributed by atoms with Crippen molar-refractivity contribution in [1.82, 2.24) is 9.29 Å². The Balaban J connectivity index is 2.40. The first-order valence-electron chi connectivity index (χ1n) is 6.15. The number of sulfonamides is 1. The highest BCUT2D eigenvalue weighted by molar-refractivity contribution is 7.89. The summed E-state index contributed by atoms with van der Waals surface area (Å²) in [5.41, 5.74) is 2.60. The number of nitrogens with one attached hydrogen (secondary N) is 1. The summed E-state index contributed by atoms with van der Waals surface area (Å²) in [7, 11) is -3.75. The van der Waals surface area contributed by atoms with E-state index >= 15 is 0 Å². The number of piperidine rings is 1. The lowest BCUT2D eigenvalue weighted by Crippen LogP contribution is -2.45. The van der Waals surface area contributed by atoms with Gasteiger partial charge in [0.15, 0.2) is 5.03 Å². The summed E-state index contributed by atoms with van der Waals surface area (Å²) in [4.78, 5) is 3.91. The highest BCUT2D eigenvalue weighted by atomic mass is 32.2. The first-order chi connectivity index (χ1) is 9.11. The Morgan fingerprint density at radius 1 is 1.53 bits per heavy atom. The van der Waals surface area contributed by atoms with E-state index in [1.54, 1.807) is 12.1 Å². The van der Waals surface area contributed by atoms with Crippen molar-refractivity contribution in [3.8, 4) is 0 Å². The standard InChI is InChI=1S/C11H18N4O3S/c12-14-10-5-3-6-13-11(10)19(17,18)15-7-2-1-4-9(15)8-16/h3,5-6,9,14,16H,1-2,4,7-8,12H2. The van der Waals surface area contributed by atoms with Crippen LogP contribution in [0.25, 0.3) is 0 Å². The molecule has 1 aromatic rings. The summed E-state index contributed by atoms with van der Waals surface area (Å²) in [5.74, 6) is 5.32. The lowest BCUT2D eigenvalue weighted by Gasteiger charge is -2.33. The lowest BCUT2D eigenvalue weighted by atomic mass is 10.1. The van der Waals surface area contributed by atoms with Gasteiger partial charge >= 0.3 is 0 Å². The lowest BCUT2D eigenvalue weighted by molar-refractivity contribution is 0.155. The second kappa shape index (κ2) is 5.83. The second-order valence-corrected chi connectivity index (χ2v) is 6.25. The molecule has 2 heterocycles. The summed E-state index contributed by atoms with van der Waals surface area (Å²) in [5, 5.41) is 9.23. The van der Waals surface area contributed by atoms with Crippen LogP contribution in [0.1, 0.15) is 19.3 Å². The first kappa shape index (κ1) is 14.2. The zero-order chi connectivity index (χ0) is 13.9. The number of hydrazine groups is 1. The van der Waals surface area contributed by atoms with Crippen LogP contribution in [0.2, 0.25) is 0 Å². The fourth-order valence-corrected chi connectivity index (χ4v) is 4.05. The van der Waals surface area contributed by atoms with E-state index in [9.17, 15) is 13.5 Å². The van der Waals surface area contributed by atoms with E-state index in [1.807, 2.05) is 0 Å². The van der Waals surface area contributed by atoms with Crippen LogP contribution in [-0.4, -0.2) is 42.0 Å². The normalized spacial score (nSPS) is 21.3. The molecule has 0 radical (unpaired) electrons. The minimum atomic E-state index is -3.75. The molecule has 1 atom stereocenters. The van der Waals surface area contributed by atoms with Crippen molar-refractivity contribution < 1.29 is 13.5 Å². The summed E-state index contributed by atoms with van der Waals surface area (Å²) in [6.45, 7) is 0.214. The molecule has 106 valence electrons. The fraction of sp³-hybridized carbons (Fsp3) is 0.545. The number of aromatic nitrogens is 1. The minimum Gasteiger partial charge on any atom is -0.395 e. The van der Waals surface area contributed by atoms with Crippen LogP contribution in [0.5, 0.6) is 0 Å². The molecule has 1 unspecified atom stereocenters. The molecule has 19 heavy (non-hydrogen) atoms. The molecule has 4 N–H and O–H groups in total. The Kier molecular flexibility index (Phi) is 4.35. The van der Waals surface area contributed by atoms with Crippen molar-refractivity contribution in [1.29, 1.82) is 0 Å². The van der Waals surface area contributed by atoms with Gasteiger partial charge in [-0.1, -0.05) is 6.42 Å². The molecule has 8 heteroatoms. The van der Waals surface area contributed by atoms with Gasteiger partial charge in [-0.3, -0.25) is 5.84 Å². The van der Waals surface area contributed by atoms with E-state index in [0.717, 1.165) is 12.8 Å². The Hall–Kier alpha value is -1.22. The van der Waals surface area contributed by atoms with Gasteiger partial charge in [0.25, 0.3) is 10.0 Å². The third kappa shape index (κ3) is 2.71. The van der Waals surface area contributed by atoms with E-state index < -0.39 is 10.0 Å². The molecule has 1 aliphatic rings. The van der Waals surface area contributed by atoms with E-state index in [4.69, 9.17) is 5.84 Å². The third-order valence-corrected chi connectivity index (χ3v) is 5.18. The van der Waals surface area contributed by atoms with Crippen LogP contribution in [0, 0.1) is 0 Å². The number of anilines is 1. The number of hydrogen-bond acceptors (Lipinski definition) is 6. The molecule has 1 fully saturated rings.